The minimum atomic E-state index is 0.754. The van der Waals surface area contributed by atoms with E-state index in [4.69, 9.17) is 0 Å². The van der Waals surface area contributed by atoms with Crippen LogP contribution in [-0.2, 0) is 5.75 Å². The van der Waals surface area contributed by atoms with Crippen LogP contribution in [0.3, 0.4) is 0 Å². The monoisotopic (exact) mass is 318 g/mol. The predicted molar refractivity (Wildman–Crippen MR) is 93.1 cm³/mol. The molecular weight excluding hydrogens is 304 g/mol. The smallest absolute Gasteiger partial charge is 0.209 e. The van der Waals surface area contributed by atoms with Crippen LogP contribution >= 0.6 is 11.8 Å². The van der Waals surface area contributed by atoms with Crippen molar-refractivity contribution >= 4 is 22.5 Å². The van der Waals surface area contributed by atoms with E-state index in [1.165, 1.54) is 16.3 Å². The van der Waals surface area contributed by atoms with Crippen molar-refractivity contribution in [1.82, 2.24) is 20.2 Å². The Morgan fingerprint density at radius 2 is 1.74 bits per heavy atom. The number of H-pyrrole nitrogens is 1. The molecule has 0 fully saturated rings. The van der Waals surface area contributed by atoms with Gasteiger partial charge < -0.3 is 0 Å². The Morgan fingerprint density at radius 1 is 0.913 bits per heavy atom. The summed E-state index contributed by atoms with van der Waals surface area (Å²) < 4.78 is 0. The number of nitrogens with zero attached hydrogens (tertiary/aromatic N) is 3. The summed E-state index contributed by atoms with van der Waals surface area (Å²) in [6, 6.07) is 18.7. The first kappa shape index (κ1) is 14.0. The predicted octanol–water partition coefficient (Wildman–Crippen LogP) is 4.31. The molecule has 2 aromatic carbocycles. The third-order valence-electron chi connectivity index (χ3n) is 3.66. The molecule has 4 aromatic rings. The van der Waals surface area contributed by atoms with Gasteiger partial charge in [0.15, 0.2) is 5.82 Å². The van der Waals surface area contributed by atoms with E-state index in [1.807, 2.05) is 12.1 Å². The molecule has 0 saturated carbocycles. The number of benzene rings is 2. The fourth-order valence-electron chi connectivity index (χ4n) is 2.51. The maximum absolute atomic E-state index is 4.54. The molecule has 2 aromatic heterocycles. The van der Waals surface area contributed by atoms with Crippen molar-refractivity contribution in [1.29, 1.82) is 0 Å². The van der Waals surface area contributed by atoms with E-state index in [0.717, 1.165) is 22.3 Å². The van der Waals surface area contributed by atoms with Gasteiger partial charge in [0.2, 0.25) is 5.16 Å². The lowest BCUT2D eigenvalue weighted by molar-refractivity contribution is 0.973. The highest BCUT2D eigenvalue weighted by Gasteiger charge is 2.07. The average molecular weight is 318 g/mol. The van der Waals surface area contributed by atoms with E-state index in [2.05, 4.69) is 62.6 Å². The molecule has 0 aliphatic carbocycles. The SMILES string of the molecule is c1ccc2c(CSc3n[nH]c(-c4ccncc4)n3)cccc2c1. The summed E-state index contributed by atoms with van der Waals surface area (Å²) in [6.07, 6.45) is 3.50. The van der Waals surface area contributed by atoms with Crippen LogP contribution in [0.2, 0.25) is 0 Å². The fraction of sp³-hybridized carbons (Fsp3) is 0.0556. The van der Waals surface area contributed by atoms with Crippen LogP contribution in [0, 0.1) is 0 Å². The first-order valence-electron chi connectivity index (χ1n) is 7.32. The van der Waals surface area contributed by atoms with Crippen molar-refractivity contribution < 1.29 is 0 Å². The van der Waals surface area contributed by atoms with Crippen LogP contribution in [0.1, 0.15) is 5.56 Å². The average Bonchev–Trinajstić information content (AvgIpc) is 3.10. The zero-order chi connectivity index (χ0) is 15.5. The standard InChI is InChI=1S/C18H14N4S/c1-2-7-16-13(4-1)5-3-6-15(16)12-23-18-20-17(21-22-18)14-8-10-19-11-9-14/h1-11H,12H2,(H,20,21,22). The van der Waals surface area contributed by atoms with Crippen molar-refractivity contribution in [3.8, 4) is 11.4 Å². The zero-order valence-corrected chi connectivity index (χ0v) is 13.1. The van der Waals surface area contributed by atoms with Crippen molar-refractivity contribution in [2.75, 3.05) is 0 Å². The van der Waals surface area contributed by atoms with Gasteiger partial charge in [-0.3, -0.25) is 10.1 Å². The molecule has 0 radical (unpaired) electrons. The number of aromatic amines is 1. The highest BCUT2D eigenvalue weighted by atomic mass is 32.2. The Bertz CT molecular complexity index is 929. The van der Waals surface area contributed by atoms with E-state index >= 15 is 0 Å². The van der Waals surface area contributed by atoms with E-state index in [9.17, 15) is 0 Å². The molecule has 0 saturated heterocycles. The van der Waals surface area contributed by atoms with Crippen LogP contribution in [-0.4, -0.2) is 20.2 Å². The highest BCUT2D eigenvalue weighted by Crippen LogP contribution is 2.26. The molecule has 0 unspecified atom stereocenters. The molecule has 0 aliphatic heterocycles. The number of hydrogen-bond acceptors (Lipinski definition) is 4. The Hall–Kier alpha value is -2.66. The van der Waals surface area contributed by atoms with Crippen molar-refractivity contribution in [2.45, 2.75) is 10.9 Å². The maximum Gasteiger partial charge on any atom is 0.209 e. The second-order valence-electron chi connectivity index (χ2n) is 5.13. The Morgan fingerprint density at radius 3 is 2.65 bits per heavy atom. The lowest BCUT2D eigenvalue weighted by atomic mass is 10.1. The van der Waals surface area contributed by atoms with Crippen LogP contribution in [0.5, 0.6) is 0 Å². The molecule has 0 aliphatic rings. The first-order chi connectivity index (χ1) is 11.4. The molecule has 0 atom stereocenters. The number of pyridine rings is 1. The van der Waals surface area contributed by atoms with E-state index in [1.54, 1.807) is 24.2 Å². The van der Waals surface area contributed by atoms with Gasteiger partial charge in [-0.25, -0.2) is 4.98 Å². The van der Waals surface area contributed by atoms with Crippen LogP contribution < -0.4 is 0 Å². The maximum atomic E-state index is 4.54. The molecule has 112 valence electrons. The summed E-state index contributed by atoms with van der Waals surface area (Å²) in [5, 5.41) is 10.6. The van der Waals surface area contributed by atoms with Gasteiger partial charge in [-0.1, -0.05) is 54.2 Å². The number of hydrogen-bond donors (Lipinski definition) is 1. The van der Waals surface area contributed by atoms with Gasteiger partial charge >= 0.3 is 0 Å². The van der Waals surface area contributed by atoms with Gasteiger partial charge in [0.25, 0.3) is 0 Å². The Balaban J connectivity index is 1.54. The van der Waals surface area contributed by atoms with Gasteiger partial charge in [-0.2, -0.15) is 0 Å². The summed E-state index contributed by atoms with van der Waals surface area (Å²) >= 11 is 1.63. The molecule has 0 spiro atoms. The summed E-state index contributed by atoms with van der Waals surface area (Å²) in [7, 11) is 0. The van der Waals surface area contributed by atoms with Gasteiger partial charge in [0.1, 0.15) is 0 Å². The summed E-state index contributed by atoms with van der Waals surface area (Å²) in [5.41, 5.74) is 2.29. The third kappa shape index (κ3) is 2.96. The van der Waals surface area contributed by atoms with Gasteiger partial charge in [0.05, 0.1) is 0 Å². The van der Waals surface area contributed by atoms with Crippen LogP contribution in [0.4, 0.5) is 0 Å². The molecule has 0 amide bonds. The van der Waals surface area contributed by atoms with E-state index in [0.29, 0.717) is 0 Å². The van der Waals surface area contributed by atoms with Gasteiger partial charge in [-0.05, 0) is 28.5 Å². The topological polar surface area (TPSA) is 54.5 Å². The second-order valence-corrected chi connectivity index (χ2v) is 6.07. The molecule has 4 rings (SSSR count). The normalized spacial score (nSPS) is 11.0. The van der Waals surface area contributed by atoms with Crippen molar-refractivity contribution in [2.24, 2.45) is 0 Å². The number of nitrogens with one attached hydrogen (secondary N) is 1. The summed E-state index contributed by atoms with van der Waals surface area (Å²) in [4.78, 5) is 8.56. The highest BCUT2D eigenvalue weighted by molar-refractivity contribution is 7.98. The van der Waals surface area contributed by atoms with Gasteiger partial charge in [0, 0.05) is 23.7 Å². The van der Waals surface area contributed by atoms with Crippen molar-refractivity contribution in [3.05, 3.63) is 72.6 Å². The van der Waals surface area contributed by atoms with Crippen LogP contribution in [0.25, 0.3) is 22.2 Å². The lowest BCUT2D eigenvalue weighted by Crippen LogP contribution is -1.85. The quantitative estimate of drug-likeness (QED) is 0.570. The number of rotatable bonds is 4. The molecule has 5 heteroatoms. The van der Waals surface area contributed by atoms with Gasteiger partial charge in [-0.15, -0.1) is 5.10 Å². The Kier molecular flexibility index (Phi) is 3.78. The third-order valence-corrected chi connectivity index (χ3v) is 4.55. The number of thioether (sulfide) groups is 1. The minimum absolute atomic E-state index is 0.754. The molecular formula is C18H14N4S. The largest absolute Gasteiger partial charge is 0.265 e. The minimum Gasteiger partial charge on any atom is -0.265 e. The molecule has 1 N–H and O–H groups in total. The molecule has 2 heterocycles. The first-order valence-corrected chi connectivity index (χ1v) is 8.31. The number of fused-ring (bicyclic) bond motifs is 1. The molecule has 0 bridgehead atoms. The van der Waals surface area contributed by atoms with Crippen molar-refractivity contribution in [3.63, 3.8) is 0 Å². The summed E-state index contributed by atoms with van der Waals surface area (Å²) in [6.45, 7) is 0. The van der Waals surface area contributed by atoms with E-state index in [-0.39, 0.29) is 0 Å². The summed E-state index contributed by atoms with van der Waals surface area (Å²) in [5.74, 6) is 1.61. The van der Waals surface area contributed by atoms with Crippen LogP contribution in [0.15, 0.2) is 72.1 Å². The molecule has 4 nitrogen and oxygen atoms in total. The van der Waals surface area contributed by atoms with E-state index < -0.39 is 0 Å². The fourth-order valence-corrected chi connectivity index (χ4v) is 3.31. The lowest BCUT2D eigenvalue weighted by Gasteiger charge is -2.04. The number of aromatic nitrogens is 4. The Labute approximate surface area is 138 Å². The zero-order valence-electron chi connectivity index (χ0n) is 12.3. The molecule has 23 heavy (non-hydrogen) atoms. The second kappa shape index (κ2) is 6.22.